The quantitative estimate of drug-likeness (QED) is 0.844. The molecular formula is C14H19FN2O. The maximum absolute atomic E-state index is 12.9. The van der Waals surface area contributed by atoms with Gasteiger partial charge in [0.1, 0.15) is 23.7 Å². The third kappa shape index (κ3) is 4.01. The molecule has 0 radical (unpaired) electrons. The van der Waals surface area contributed by atoms with E-state index in [2.05, 4.69) is 11.4 Å². The molecule has 0 saturated carbocycles. The molecule has 98 valence electrons. The second-order valence-electron chi connectivity index (χ2n) is 4.57. The summed E-state index contributed by atoms with van der Waals surface area (Å²) in [6, 6.07) is 6.56. The van der Waals surface area contributed by atoms with Gasteiger partial charge < -0.3 is 4.74 Å². The summed E-state index contributed by atoms with van der Waals surface area (Å²) >= 11 is 0. The Morgan fingerprint density at radius 1 is 1.50 bits per heavy atom. The summed E-state index contributed by atoms with van der Waals surface area (Å²) in [5.74, 6) is 0.322. The highest BCUT2D eigenvalue weighted by Crippen LogP contribution is 2.19. The van der Waals surface area contributed by atoms with Gasteiger partial charge in [-0.15, -0.1) is 0 Å². The minimum absolute atomic E-state index is 0.232. The largest absolute Gasteiger partial charge is 0.490 e. The van der Waals surface area contributed by atoms with Crippen molar-refractivity contribution in [1.82, 2.24) is 5.32 Å². The summed E-state index contributed by atoms with van der Waals surface area (Å²) in [7, 11) is 0. The van der Waals surface area contributed by atoms with Crippen LogP contribution in [-0.4, -0.2) is 18.7 Å². The van der Waals surface area contributed by atoms with E-state index in [4.69, 9.17) is 10.00 Å². The molecule has 18 heavy (non-hydrogen) atoms. The lowest BCUT2D eigenvalue weighted by molar-refractivity contribution is 0.233. The van der Waals surface area contributed by atoms with E-state index in [9.17, 15) is 4.39 Å². The molecule has 0 amide bonds. The van der Waals surface area contributed by atoms with Crippen molar-refractivity contribution in [3.8, 4) is 11.8 Å². The van der Waals surface area contributed by atoms with E-state index in [1.54, 1.807) is 19.9 Å². The van der Waals surface area contributed by atoms with Gasteiger partial charge in [0.05, 0.1) is 6.07 Å². The molecular weight excluding hydrogens is 231 g/mol. The number of hydrogen-bond donors (Lipinski definition) is 1. The number of hydrogen-bond acceptors (Lipinski definition) is 3. The van der Waals surface area contributed by atoms with Crippen LogP contribution in [-0.2, 0) is 0 Å². The van der Waals surface area contributed by atoms with Crippen molar-refractivity contribution >= 4 is 0 Å². The van der Waals surface area contributed by atoms with Crippen LogP contribution in [0.25, 0.3) is 0 Å². The van der Waals surface area contributed by atoms with Crippen LogP contribution >= 0.6 is 0 Å². The van der Waals surface area contributed by atoms with Crippen LogP contribution in [0, 0.1) is 24.1 Å². The molecule has 0 fully saturated rings. The Morgan fingerprint density at radius 3 is 2.78 bits per heavy atom. The van der Waals surface area contributed by atoms with Gasteiger partial charge in [0, 0.05) is 0 Å². The zero-order chi connectivity index (χ0) is 13.6. The lowest BCUT2D eigenvalue weighted by Gasteiger charge is -2.23. The number of halogens is 1. The minimum atomic E-state index is -0.725. The van der Waals surface area contributed by atoms with Crippen LogP contribution in [0.4, 0.5) is 4.39 Å². The molecule has 3 nitrogen and oxygen atoms in total. The van der Waals surface area contributed by atoms with Crippen molar-refractivity contribution in [2.24, 2.45) is 0 Å². The third-order valence-electron chi connectivity index (χ3n) is 2.67. The summed E-state index contributed by atoms with van der Waals surface area (Å²) in [6.07, 6.45) is 0.951. The normalized spacial score (nSPS) is 13.7. The predicted molar refractivity (Wildman–Crippen MR) is 68.9 cm³/mol. The van der Waals surface area contributed by atoms with Crippen molar-refractivity contribution in [2.45, 2.75) is 32.7 Å². The number of benzene rings is 1. The van der Waals surface area contributed by atoms with Crippen LogP contribution in [0.1, 0.15) is 25.8 Å². The fraction of sp³-hybridized carbons (Fsp3) is 0.500. The Bertz CT molecular complexity index is 442. The summed E-state index contributed by atoms with van der Waals surface area (Å²) in [5, 5.41) is 12.3. The van der Waals surface area contributed by atoms with Gasteiger partial charge in [-0.05, 0) is 50.6 Å². The number of ether oxygens (including phenoxy) is 1. The van der Waals surface area contributed by atoms with Gasteiger partial charge in [0.25, 0.3) is 0 Å². The molecule has 0 aliphatic carbocycles. The second kappa shape index (κ2) is 6.36. The van der Waals surface area contributed by atoms with Crippen molar-refractivity contribution in [3.63, 3.8) is 0 Å². The number of nitrogens with one attached hydrogen (secondary N) is 1. The Morgan fingerprint density at radius 2 is 2.22 bits per heavy atom. The zero-order valence-electron chi connectivity index (χ0n) is 11.1. The number of nitriles is 1. The van der Waals surface area contributed by atoms with E-state index in [1.807, 2.05) is 6.92 Å². The van der Waals surface area contributed by atoms with Gasteiger partial charge in [-0.25, -0.2) is 4.39 Å². The molecule has 0 spiro atoms. The Labute approximate surface area is 108 Å². The van der Waals surface area contributed by atoms with Gasteiger partial charge in [-0.2, -0.15) is 5.26 Å². The minimum Gasteiger partial charge on any atom is -0.490 e. The highest BCUT2D eigenvalue weighted by atomic mass is 19.1. The molecule has 0 saturated heterocycles. The molecule has 1 unspecified atom stereocenters. The van der Waals surface area contributed by atoms with Crippen molar-refractivity contribution in [2.75, 3.05) is 13.2 Å². The van der Waals surface area contributed by atoms with Crippen LogP contribution < -0.4 is 10.1 Å². The molecule has 0 bridgehead atoms. The molecule has 0 aromatic heterocycles. The average Bonchev–Trinajstić information content (AvgIpc) is 2.35. The SMILES string of the molecule is CCCNC(C)(C#N)COc1ccc(F)cc1C. The van der Waals surface area contributed by atoms with E-state index in [1.165, 1.54) is 12.1 Å². The average molecular weight is 250 g/mol. The van der Waals surface area contributed by atoms with Crippen LogP contribution in [0.5, 0.6) is 5.75 Å². The van der Waals surface area contributed by atoms with Crippen molar-refractivity contribution in [1.29, 1.82) is 5.26 Å². The van der Waals surface area contributed by atoms with Gasteiger partial charge in [-0.3, -0.25) is 5.32 Å². The van der Waals surface area contributed by atoms with Crippen LogP contribution in [0.15, 0.2) is 18.2 Å². The van der Waals surface area contributed by atoms with E-state index >= 15 is 0 Å². The monoisotopic (exact) mass is 250 g/mol. The van der Waals surface area contributed by atoms with E-state index in [-0.39, 0.29) is 12.4 Å². The molecule has 1 atom stereocenters. The predicted octanol–water partition coefficient (Wildman–Crippen LogP) is 2.79. The summed E-state index contributed by atoms with van der Waals surface area (Å²) in [6.45, 7) is 6.60. The molecule has 0 heterocycles. The first kappa shape index (κ1) is 14.5. The van der Waals surface area contributed by atoms with Crippen LogP contribution in [0.3, 0.4) is 0 Å². The standard InChI is InChI=1S/C14H19FN2O/c1-4-7-17-14(3,9-16)10-18-13-6-5-12(15)8-11(13)2/h5-6,8,17H,4,7,10H2,1-3H3. The van der Waals surface area contributed by atoms with E-state index in [0.717, 1.165) is 18.5 Å². The highest BCUT2D eigenvalue weighted by Gasteiger charge is 2.24. The first-order chi connectivity index (χ1) is 8.50. The lowest BCUT2D eigenvalue weighted by Crippen LogP contribution is -2.46. The van der Waals surface area contributed by atoms with Gasteiger partial charge in [-0.1, -0.05) is 6.92 Å². The lowest BCUT2D eigenvalue weighted by atomic mass is 10.1. The first-order valence-electron chi connectivity index (χ1n) is 6.06. The summed E-state index contributed by atoms with van der Waals surface area (Å²) in [4.78, 5) is 0. The molecule has 1 aromatic rings. The van der Waals surface area contributed by atoms with E-state index < -0.39 is 5.54 Å². The summed E-state index contributed by atoms with van der Waals surface area (Å²) < 4.78 is 18.5. The molecule has 0 aliphatic heterocycles. The van der Waals surface area contributed by atoms with Crippen molar-refractivity contribution in [3.05, 3.63) is 29.6 Å². The smallest absolute Gasteiger partial charge is 0.138 e. The Hall–Kier alpha value is -1.60. The van der Waals surface area contributed by atoms with E-state index in [0.29, 0.717) is 5.75 Å². The zero-order valence-corrected chi connectivity index (χ0v) is 11.1. The van der Waals surface area contributed by atoms with Crippen molar-refractivity contribution < 1.29 is 9.13 Å². The van der Waals surface area contributed by atoms with Gasteiger partial charge in [0.15, 0.2) is 0 Å². The fourth-order valence-corrected chi connectivity index (χ4v) is 1.52. The topological polar surface area (TPSA) is 45.0 Å². The maximum atomic E-state index is 12.9. The second-order valence-corrected chi connectivity index (χ2v) is 4.57. The molecule has 1 rings (SSSR count). The maximum Gasteiger partial charge on any atom is 0.138 e. The van der Waals surface area contributed by atoms with Gasteiger partial charge >= 0.3 is 0 Å². The molecule has 1 N–H and O–H groups in total. The molecule has 1 aromatic carbocycles. The van der Waals surface area contributed by atoms with Crippen LogP contribution in [0.2, 0.25) is 0 Å². The number of nitrogens with zero attached hydrogens (tertiary/aromatic N) is 1. The highest BCUT2D eigenvalue weighted by molar-refractivity contribution is 5.32. The molecule has 4 heteroatoms. The molecule has 0 aliphatic rings. The van der Waals surface area contributed by atoms with Gasteiger partial charge in [0.2, 0.25) is 0 Å². The number of aryl methyl sites for hydroxylation is 1. The Kier molecular flexibility index (Phi) is 5.11. The number of rotatable bonds is 6. The summed E-state index contributed by atoms with van der Waals surface area (Å²) in [5.41, 5.74) is 0.00221. The fourth-order valence-electron chi connectivity index (χ4n) is 1.52. The third-order valence-corrected chi connectivity index (χ3v) is 2.67. The first-order valence-corrected chi connectivity index (χ1v) is 6.06. The Balaban J connectivity index is 2.65.